The van der Waals surface area contributed by atoms with E-state index < -0.39 is 0 Å². The molecule has 0 radical (unpaired) electrons. The second-order valence-corrected chi connectivity index (χ2v) is 9.91. The van der Waals surface area contributed by atoms with Gasteiger partial charge in [0.1, 0.15) is 16.5 Å². The lowest BCUT2D eigenvalue weighted by Gasteiger charge is -2.31. The lowest BCUT2D eigenvalue weighted by atomic mass is 9.97. The highest BCUT2D eigenvalue weighted by atomic mass is 32.2. The number of thiazole rings is 1. The maximum atomic E-state index is 13.8. The maximum absolute atomic E-state index is 13.8. The highest BCUT2D eigenvalue weighted by Crippen LogP contribution is 2.32. The third kappa shape index (κ3) is 5.53. The summed E-state index contributed by atoms with van der Waals surface area (Å²) >= 11 is 2.95. The van der Waals surface area contributed by atoms with Crippen LogP contribution in [-0.2, 0) is 0 Å². The molecule has 0 bridgehead atoms. The van der Waals surface area contributed by atoms with Gasteiger partial charge in [0.25, 0.3) is 11.8 Å². The Balaban J connectivity index is 1.36. The summed E-state index contributed by atoms with van der Waals surface area (Å²) in [7, 11) is 0. The number of hydrogen-bond acceptors (Lipinski definition) is 6. The number of likely N-dealkylation sites (tertiary alicyclic amines) is 1. The van der Waals surface area contributed by atoms with Crippen molar-refractivity contribution in [3.8, 4) is 0 Å². The topological polar surface area (TPSA) is 75.2 Å². The van der Waals surface area contributed by atoms with Gasteiger partial charge in [0, 0.05) is 42.0 Å². The summed E-state index contributed by atoms with van der Waals surface area (Å²) in [4.78, 5) is 36.4. The fourth-order valence-corrected chi connectivity index (χ4v) is 5.44. The normalized spacial score (nSPS) is 14.1. The van der Waals surface area contributed by atoms with Crippen molar-refractivity contribution >= 4 is 40.6 Å². The summed E-state index contributed by atoms with van der Waals surface area (Å²) in [5.41, 5.74) is 1.86. The monoisotopic (exact) mass is 496 g/mol. The largest absolute Gasteiger partial charge is 0.339 e. The van der Waals surface area contributed by atoms with Gasteiger partial charge < -0.3 is 10.2 Å². The molecule has 2 aromatic heterocycles. The van der Waals surface area contributed by atoms with Gasteiger partial charge in [-0.3, -0.25) is 9.59 Å². The summed E-state index contributed by atoms with van der Waals surface area (Å²) in [6.07, 6.45) is 5.04. The number of hydrogen-bond donors (Lipinski definition) is 1. The number of pyridine rings is 1. The molecule has 0 saturated carbocycles. The molecule has 3 heterocycles. The van der Waals surface area contributed by atoms with Crippen LogP contribution in [0.3, 0.4) is 0 Å². The maximum Gasteiger partial charge on any atom is 0.275 e. The molecule has 1 fully saturated rings. The van der Waals surface area contributed by atoms with E-state index >= 15 is 0 Å². The summed E-state index contributed by atoms with van der Waals surface area (Å²) in [6.45, 7) is 6.64. The molecule has 1 saturated heterocycles. The third-order valence-corrected chi connectivity index (χ3v) is 7.66. The zero-order valence-electron chi connectivity index (χ0n) is 18.8. The second-order valence-electron chi connectivity index (χ2n) is 8.01. The number of aryl methyl sites for hydroxylation is 1. The Kier molecular flexibility index (Phi) is 7.74. The summed E-state index contributed by atoms with van der Waals surface area (Å²) in [5.74, 6) is 0.145. The van der Waals surface area contributed by atoms with Crippen LogP contribution in [-0.4, -0.2) is 45.5 Å². The van der Waals surface area contributed by atoms with Crippen LogP contribution in [0.4, 0.5) is 10.1 Å². The van der Waals surface area contributed by atoms with E-state index in [9.17, 15) is 14.0 Å². The van der Waals surface area contributed by atoms with E-state index in [-0.39, 0.29) is 23.5 Å². The number of nitrogens with one attached hydrogen (secondary N) is 1. The quantitative estimate of drug-likeness (QED) is 0.344. The van der Waals surface area contributed by atoms with E-state index in [1.807, 2.05) is 11.0 Å². The van der Waals surface area contributed by atoms with Crippen LogP contribution >= 0.6 is 23.1 Å². The van der Waals surface area contributed by atoms with Gasteiger partial charge in [-0.25, -0.2) is 14.4 Å². The first-order valence-corrected chi connectivity index (χ1v) is 12.8. The van der Waals surface area contributed by atoms with Gasteiger partial charge in [-0.2, -0.15) is 0 Å². The van der Waals surface area contributed by atoms with Crippen LogP contribution in [0, 0.1) is 12.7 Å². The zero-order chi connectivity index (χ0) is 24.1. The number of thioether (sulfide) groups is 1. The van der Waals surface area contributed by atoms with E-state index in [0.717, 1.165) is 22.9 Å². The number of amides is 2. The Morgan fingerprint density at radius 3 is 2.85 bits per heavy atom. The molecule has 0 spiro atoms. The second kappa shape index (κ2) is 10.9. The number of piperidine rings is 1. The molecule has 9 heteroatoms. The van der Waals surface area contributed by atoms with Crippen LogP contribution < -0.4 is 5.32 Å². The fraction of sp³-hybridized carbons (Fsp3) is 0.280. The van der Waals surface area contributed by atoms with Crippen LogP contribution in [0.5, 0.6) is 0 Å². The Bertz CT molecular complexity index is 1210. The number of benzene rings is 1. The Hall–Kier alpha value is -3.04. The van der Waals surface area contributed by atoms with Crippen molar-refractivity contribution < 1.29 is 14.0 Å². The zero-order valence-corrected chi connectivity index (χ0v) is 20.4. The molecule has 0 aliphatic carbocycles. The first-order chi connectivity index (χ1) is 16.5. The summed E-state index contributed by atoms with van der Waals surface area (Å²) < 4.78 is 13.8. The van der Waals surface area contributed by atoms with Gasteiger partial charge in [-0.1, -0.05) is 12.1 Å². The number of anilines is 1. The van der Waals surface area contributed by atoms with Crippen molar-refractivity contribution in [3.63, 3.8) is 0 Å². The Labute approximate surface area is 206 Å². The highest BCUT2D eigenvalue weighted by molar-refractivity contribution is 7.99. The molecular weight excluding hydrogens is 471 g/mol. The van der Waals surface area contributed by atoms with Gasteiger partial charge >= 0.3 is 0 Å². The smallest absolute Gasteiger partial charge is 0.275 e. The van der Waals surface area contributed by atoms with Gasteiger partial charge in [-0.15, -0.1) is 29.7 Å². The predicted molar refractivity (Wildman–Crippen MR) is 134 cm³/mol. The molecule has 2 amide bonds. The van der Waals surface area contributed by atoms with Crippen molar-refractivity contribution in [2.45, 2.75) is 30.7 Å². The van der Waals surface area contributed by atoms with Gasteiger partial charge in [0.2, 0.25) is 0 Å². The van der Waals surface area contributed by atoms with Crippen LogP contribution in [0.1, 0.15) is 50.2 Å². The van der Waals surface area contributed by atoms with Crippen LogP contribution in [0.15, 0.2) is 59.6 Å². The molecule has 34 heavy (non-hydrogen) atoms. The van der Waals surface area contributed by atoms with Crippen molar-refractivity contribution in [2.24, 2.45) is 0 Å². The molecule has 4 rings (SSSR count). The number of carbonyl (C=O) groups is 2. The lowest BCUT2D eigenvalue weighted by Crippen LogP contribution is -2.38. The fourth-order valence-electron chi connectivity index (χ4n) is 3.75. The number of nitrogens with zero attached hydrogens (tertiary/aromatic N) is 3. The minimum Gasteiger partial charge on any atom is -0.339 e. The lowest BCUT2D eigenvalue weighted by molar-refractivity contribution is 0.0708. The third-order valence-electron chi connectivity index (χ3n) is 5.66. The first kappa shape index (κ1) is 24.1. The number of halogens is 1. The molecular formula is C25H25FN4O2S2. The average molecular weight is 497 g/mol. The van der Waals surface area contributed by atoms with Crippen LogP contribution in [0.2, 0.25) is 0 Å². The number of rotatable bonds is 7. The molecule has 176 valence electrons. The summed E-state index contributed by atoms with van der Waals surface area (Å²) in [5, 5.41) is 6.03. The SMILES string of the molecule is C=CCSc1ncccc1C(=O)N1CCC(c2nc(C(=O)Nc3ccc(C)c(F)c3)cs2)CC1. The van der Waals surface area contributed by atoms with E-state index in [1.165, 1.54) is 29.2 Å². The van der Waals surface area contributed by atoms with Gasteiger partial charge in [-0.05, 0) is 49.6 Å². The van der Waals surface area contributed by atoms with Crippen LogP contribution in [0.25, 0.3) is 0 Å². The molecule has 3 aromatic rings. The summed E-state index contributed by atoms with van der Waals surface area (Å²) in [6, 6.07) is 8.19. The molecule has 1 aliphatic rings. The van der Waals surface area contributed by atoms with E-state index in [1.54, 1.807) is 42.8 Å². The first-order valence-electron chi connectivity index (χ1n) is 11.0. The predicted octanol–water partition coefficient (Wildman–Crippen LogP) is 5.54. The van der Waals surface area contributed by atoms with Crippen molar-refractivity contribution in [1.82, 2.24) is 14.9 Å². The Morgan fingerprint density at radius 1 is 1.32 bits per heavy atom. The molecule has 0 unspecified atom stereocenters. The van der Waals surface area contributed by atoms with Crippen molar-refractivity contribution in [3.05, 3.63) is 82.2 Å². The Morgan fingerprint density at radius 2 is 2.12 bits per heavy atom. The van der Waals surface area contributed by atoms with E-state index in [4.69, 9.17) is 0 Å². The van der Waals surface area contributed by atoms with Gasteiger partial charge in [0.05, 0.1) is 10.6 Å². The minimum absolute atomic E-state index is 0.0114. The van der Waals surface area contributed by atoms with Crippen molar-refractivity contribution in [1.29, 1.82) is 0 Å². The minimum atomic E-state index is -0.365. The molecule has 6 nitrogen and oxygen atoms in total. The molecule has 1 N–H and O–H groups in total. The number of aromatic nitrogens is 2. The molecule has 1 aliphatic heterocycles. The standard InChI is InChI=1S/C25H25FN4O2S2/c1-3-13-33-24-19(5-4-10-27-24)25(32)30-11-8-17(9-12-30)23-29-21(15-34-23)22(31)28-18-7-6-16(2)20(26)14-18/h3-7,10,14-15,17H,1,8-9,11-13H2,2H3,(H,28,31). The van der Waals surface area contributed by atoms with Crippen molar-refractivity contribution in [2.75, 3.05) is 24.2 Å². The molecule has 1 aromatic carbocycles. The van der Waals surface area contributed by atoms with E-state index in [2.05, 4.69) is 21.9 Å². The highest BCUT2D eigenvalue weighted by Gasteiger charge is 2.28. The van der Waals surface area contributed by atoms with Gasteiger partial charge in [0.15, 0.2) is 0 Å². The van der Waals surface area contributed by atoms with E-state index in [0.29, 0.717) is 41.4 Å². The average Bonchev–Trinajstić information content (AvgIpc) is 3.35. The molecule has 0 atom stereocenters. The number of carbonyl (C=O) groups excluding carboxylic acids is 2.